The Kier molecular flexibility index (Phi) is 7.17. The Morgan fingerprint density at radius 3 is 2.30 bits per heavy atom. The summed E-state index contributed by atoms with van der Waals surface area (Å²) in [6.07, 6.45) is -0.0975. The molecule has 0 aliphatic rings. The number of carbonyl (C=O) groups excluding carboxylic acids is 1. The first-order valence-corrected chi connectivity index (χ1v) is 11.9. The van der Waals surface area contributed by atoms with Crippen LogP contribution in [0, 0.1) is 11.6 Å². The Labute approximate surface area is 213 Å². The highest BCUT2D eigenvalue weighted by Gasteiger charge is 2.19. The van der Waals surface area contributed by atoms with Gasteiger partial charge in [0.25, 0.3) is 0 Å². The lowest BCUT2D eigenvalue weighted by Crippen LogP contribution is -2.32. The summed E-state index contributed by atoms with van der Waals surface area (Å²) in [6.45, 7) is 0.518. The summed E-state index contributed by atoms with van der Waals surface area (Å²) < 4.78 is 33.6. The van der Waals surface area contributed by atoms with Gasteiger partial charge < -0.3 is 9.64 Å². The van der Waals surface area contributed by atoms with Gasteiger partial charge >= 0.3 is 0 Å². The van der Waals surface area contributed by atoms with E-state index in [1.807, 2.05) is 36.4 Å². The molecule has 0 atom stereocenters. The number of para-hydroxylation sites is 1. The van der Waals surface area contributed by atoms with E-state index in [0.717, 1.165) is 22.2 Å². The largest absolute Gasteiger partial charge is 0.487 e. The second kappa shape index (κ2) is 11.0. The maximum Gasteiger partial charge on any atom is 0.231 e. The zero-order chi connectivity index (χ0) is 25.6. The summed E-state index contributed by atoms with van der Waals surface area (Å²) >= 11 is 0. The molecule has 0 saturated heterocycles. The van der Waals surface area contributed by atoms with Crippen molar-refractivity contribution in [3.8, 4) is 5.75 Å². The summed E-state index contributed by atoms with van der Waals surface area (Å²) in [5.41, 5.74) is 3.41. The molecule has 0 spiro atoms. The van der Waals surface area contributed by atoms with Gasteiger partial charge in [-0.15, -0.1) is 0 Å². The number of hydrogen-bond donors (Lipinski definition) is 0. The quantitative estimate of drug-likeness (QED) is 0.236. The molecule has 0 N–H and O–H groups in total. The number of anilines is 1. The van der Waals surface area contributed by atoms with Crippen LogP contribution in [0.4, 0.5) is 14.5 Å². The first-order valence-electron chi connectivity index (χ1n) is 11.9. The van der Waals surface area contributed by atoms with Crippen LogP contribution in [0.5, 0.6) is 5.75 Å². The highest BCUT2D eigenvalue weighted by molar-refractivity contribution is 5.94. The van der Waals surface area contributed by atoms with Crippen LogP contribution in [-0.2, 0) is 24.4 Å². The molecule has 5 rings (SSSR count). The van der Waals surface area contributed by atoms with Crippen molar-refractivity contribution in [3.63, 3.8) is 0 Å². The molecule has 4 nitrogen and oxygen atoms in total. The van der Waals surface area contributed by atoms with E-state index in [1.165, 1.54) is 18.2 Å². The van der Waals surface area contributed by atoms with Gasteiger partial charge in [-0.05, 0) is 65.7 Å². The number of benzene rings is 4. The van der Waals surface area contributed by atoms with Gasteiger partial charge in [0.05, 0.1) is 24.2 Å². The van der Waals surface area contributed by atoms with Crippen molar-refractivity contribution in [2.75, 3.05) is 4.90 Å². The minimum absolute atomic E-state index is 0.0975. The SMILES string of the molecule is O=C(Cc1ccccc1F)N(Cc1ccc(F)cc1)c1ccc(OCc2ccc3ccccc3n2)cc1. The van der Waals surface area contributed by atoms with Crippen molar-refractivity contribution in [2.24, 2.45) is 0 Å². The van der Waals surface area contributed by atoms with Crippen molar-refractivity contribution in [2.45, 2.75) is 19.6 Å². The number of nitrogens with zero attached hydrogens (tertiary/aromatic N) is 2. The Morgan fingerprint density at radius 2 is 1.51 bits per heavy atom. The molecule has 0 aliphatic heterocycles. The third kappa shape index (κ3) is 5.98. The molecule has 1 aromatic heterocycles. The summed E-state index contributed by atoms with van der Waals surface area (Å²) in [5, 5.41) is 1.07. The van der Waals surface area contributed by atoms with Crippen molar-refractivity contribution in [1.29, 1.82) is 0 Å². The van der Waals surface area contributed by atoms with E-state index in [4.69, 9.17) is 4.74 Å². The standard InChI is InChI=1S/C31H24F2N2O2/c32-25-12-9-22(10-13-25)20-35(31(36)19-24-6-1-3-7-29(24)33)27-15-17-28(18-16-27)37-21-26-14-11-23-5-2-4-8-30(23)34-26/h1-18H,19-21H2. The molecule has 0 unspecified atom stereocenters. The molecule has 5 aromatic rings. The molecule has 6 heteroatoms. The van der Waals surface area contributed by atoms with Gasteiger partial charge in [0.2, 0.25) is 5.91 Å². The predicted molar refractivity (Wildman–Crippen MR) is 140 cm³/mol. The molecule has 0 bridgehead atoms. The van der Waals surface area contributed by atoms with E-state index in [-0.39, 0.29) is 24.7 Å². The number of amides is 1. The highest BCUT2D eigenvalue weighted by atomic mass is 19.1. The lowest BCUT2D eigenvalue weighted by molar-refractivity contribution is -0.118. The molecule has 0 saturated carbocycles. The second-order valence-electron chi connectivity index (χ2n) is 8.65. The average Bonchev–Trinajstić information content (AvgIpc) is 2.93. The van der Waals surface area contributed by atoms with Crippen LogP contribution in [0.25, 0.3) is 10.9 Å². The Morgan fingerprint density at radius 1 is 0.784 bits per heavy atom. The Bertz CT molecular complexity index is 1520. The van der Waals surface area contributed by atoms with E-state index in [9.17, 15) is 13.6 Å². The monoisotopic (exact) mass is 494 g/mol. The Hall–Kier alpha value is -4.58. The van der Waals surface area contributed by atoms with Gasteiger partial charge in [-0.2, -0.15) is 0 Å². The molecule has 37 heavy (non-hydrogen) atoms. The van der Waals surface area contributed by atoms with Gasteiger partial charge in [0.1, 0.15) is 24.0 Å². The number of halogens is 2. The maximum atomic E-state index is 14.2. The van der Waals surface area contributed by atoms with Crippen LogP contribution < -0.4 is 9.64 Å². The van der Waals surface area contributed by atoms with Gasteiger partial charge in [-0.3, -0.25) is 4.79 Å². The normalized spacial score (nSPS) is 10.9. The fraction of sp³-hybridized carbons (Fsp3) is 0.0968. The van der Waals surface area contributed by atoms with Gasteiger partial charge in [-0.1, -0.05) is 54.6 Å². The van der Waals surface area contributed by atoms with E-state index >= 15 is 0 Å². The number of aromatic nitrogens is 1. The van der Waals surface area contributed by atoms with Gasteiger partial charge in [-0.25, -0.2) is 13.8 Å². The zero-order valence-electron chi connectivity index (χ0n) is 20.0. The van der Waals surface area contributed by atoms with Crippen LogP contribution in [0.2, 0.25) is 0 Å². The molecular formula is C31H24F2N2O2. The minimum Gasteiger partial charge on any atom is -0.487 e. The van der Waals surface area contributed by atoms with Crippen molar-refractivity contribution >= 4 is 22.5 Å². The van der Waals surface area contributed by atoms with Gasteiger partial charge in [0, 0.05) is 11.1 Å². The summed E-state index contributed by atoms with van der Waals surface area (Å²) in [4.78, 5) is 19.5. The van der Waals surface area contributed by atoms with Crippen molar-refractivity contribution < 1.29 is 18.3 Å². The minimum atomic E-state index is -0.427. The van der Waals surface area contributed by atoms with Crippen LogP contribution in [0.1, 0.15) is 16.8 Å². The molecule has 184 valence electrons. The topological polar surface area (TPSA) is 42.4 Å². The van der Waals surface area contributed by atoms with Crippen LogP contribution >= 0.6 is 0 Å². The number of pyridine rings is 1. The lowest BCUT2D eigenvalue weighted by atomic mass is 10.1. The van der Waals surface area contributed by atoms with Crippen LogP contribution in [0.15, 0.2) is 109 Å². The van der Waals surface area contributed by atoms with Crippen molar-refractivity contribution in [1.82, 2.24) is 4.98 Å². The third-order valence-electron chi connectivity index (χ3n) is 6.05. The first kappa shape index (κ1) is 24.1. The summed E-state index contributed by atoms with van der Waals surface area (Å²) in [6, 6.07) is 31.2. The molecule has 0 fully saturated rings. The fourth-order valence-corrected chi connectivity index (χ4v) is 4.06. The number of fused-ring (bicyclic) bond motifs is 1. The number of ether oxygens (including phenoxy) is 1. The maximum absolute atomic E-state index is 14.2. The molecule has 0 radical (unpaired) electrons. The van der Waals surface area contributed by atoms with E-state index in [2.05, 4.69) is 4.98 Å². The smallest absolute Gasteiger partial charge is 0.231 e. The van der Waals surface area contributed by atoms with E-state index in [0.29, 0.717) is 23.6 Å². The van der Waals surface area contributed by atoms with E-state index < -0.39 is 5.82 Å². The third-order valence-corrected chi connectivity index (χ3v) is 6.05. The summed E-state index contributed by atoms with van der Waals surface area (Å²) in [5.74, 6) is -0.426. The number of carbonyl (C=O) groups is 1. The lowest BCUT2D eigenvalue weighted by Gasteiger charge is -2.24. The van der Waals surface area contributed by atoms with E-state index in [1.54, 1.807) is 59.5 Å². The predicted octanol–water partition coefficient (Wildman–Crippen LogP) is 6.87. The molecular weight excluding hydrogens is 470 g/mol. The molecule has 4 aromatic carbocycles. The first-order chi connectivity index (χ1) is 18.0. The zero-order valence-corrected chi connectivity index (χ0v) is 20.0. The van der Waals surface area contributed by atoms with Crippen molar-refractivity contribution in [3.05, 3.63) is 138 Å². The average molecular weight is 495 g/mol. The van der Waals surface area contributed by atoms with Crippen LogP contribution in [0.3, 0.4) is 0 Å². The Balaban J connectivity index is 1.33. The van der Waals surface area contributed by atoms with Gasteiger partial charge in [0.15, 0.2) is 0 Å². The number of hydrogen-bond acceptors (Lipinski definition) is 3. The van der Waals surface area contributed by atoms with Crippen LogP contribution in [-0.4, -0.2) is 10.9 Å². The summed E-state index contributed by atoms with van der Waals surface area (Å²) in [7, 11) is 0. The molecule has 0 aliphatic carbocycles. The highest BCUT2D eigenvalue weighted by Crippen LogP contribution is 2.24. The second-order valence-corrected chi connectivity index (χ2v) is 8.65. The molecule has 1 amide bonds. The fourth-order valence-electron chi connectivity index (χ4n) is 4.06. The molecule has 1 heterocycles. The number of rotatable bonds is 8.